The van der Waals surface area contributed by atoms with Crippen LogP contribution in [0.25, 0.3) is 6.08 Å². The van der Waals surface area contributed by atoms with Gasteiger partial charge in [0.25, 0.3) is 5.91 Å². The first-order valence-corrected chi connectivity index (χ1v) is 12.1. The van der Waals surface area contributed by atoms with E-state index in [1.807, 2.05) is 85.8 Å². The molecule has 1 amide bonds. The first-order valence-electron chi connectivity index (χ1n) is 10.5. The number of hydrogen-bond acceptors (Lipinski definition) is 5. The third-order valence-electron chi connectivity index (χ3n) is 4.93. The molecule has 0 unspecified atom stereocenters. The number of carbonyl (C=O) groups excluding carboxylic acids is 1. The number of amides is 1. The zero-order valence-corrected chi connectivity index (χ0v) is 20.4. The average molecular weight is 496 g/mol. The maximum Gasteiger partial charge on any atom is 0.266 e. The quantitative estimate of drug-likeness (QED) is 0.256. The number of halogens is 1. The van der Waals surface area contributed by atoms with Crippen LogP contribution < -0.4 is 9.47 Å². The zero-order valence-electron chi connectivity index (χ0n) is 18.0. The molecule has 1 aliphatic heterocycles. The van der Waals surface area contributed by atoms with E-state index in [4.69, 9.17) is 33.3 Å². The van der Waals surface area contributed by atoms with Gasteiger partial charge in [-0.3, -0.25) is 9.69 Å². The summed E-state index contributed by atoms with van der Waals surface area (Å²) in [5, 5.41) is 0.687. The number of thioether (sulfide) groups is 1. The van der Waals surface area contributed by atoms with Crippen LogP contribution in [0.3, 0.4) is 0 Å². The van der Waals surface area contributed by atoms with Crippen LogP contribution in [0, 0.1) is 0 Å². The molecule has 4 nitrogen and oxygen atoms in total. The molecule has 0 aromatic heterocycles. The lowest BCUT2D eigenvalue weighted by Crippen LogP contribution is -2.27. The Kier molecular flexibility index (Phi) is 7.70. The predicted octanol–water partition coefficient (Wildman–Crippen LogP) is 6.72. The highest BCUT2D eigenvalue weighted by Crippen LogP contribution is 2.35. The summed E-state index contributed by atoms with van der Waals surface area (Å²) in [4.78, 5) is 15.2. The number of thiocarbonyl (C=S) groups is 1. The molecule has 0 spiro atoms. The molecule has 4 rings (SSSR count). The molecule has 0 radical (unpaired) electrons. The largest absolute Gasteiger partial charge is 0.490 e. The molecule has 3 aromatic rings. The van der Waals surface area contributed by atoms with E-state index in [9.17, 15) is 4.79 Å². The lowest BCUT2D eigenvalue weighted by molar-refractivity contribution is -0.122. The summed E-state index contributed by atoms with van der Waals surface area (Å²) in [5.74, 6) is 1.18. The van der Waals surface area contributed by atoms with Crippen LogP contribution >= 0.6 is 35.6 Å². The van der Waals surface area contributed by atoms with Gasteiger partial charge in [0.15, 0.2) is 11.5 Å². The Labute approximate surface area is 208 Å². The molecule has 1 fully saturated rings. The Hall–Kier alpha value is -2.80. The van der Waals surface area contributed by atoms with E-state index in [0.717, 1.165) is 16.7 Å². The number of carbonyl (C=O) groups is 1. The van der Waals surface area contributed by atoms with Crippen molar-refractivity contribution in [1.82, 2.24) is 4.90 Å². The third kappa shape index (κ3) is 5.96. The fourth-order valence-electron chi connectivity index (χ4n) is 3.30. The van der Waals surface area contributed by atoms with Gasteiger partial charge in [-0.2, -0.15) is 0 Å². The molecule has 1 aliphatic rings. The fourth-order valence-corrected chi connectivity index (χ4v) is 4.68. The van der Waals surface area contributed by atoms with Crippen LogP contribution in [-0.2, 0) is 17.9 Å². The van der Waals surface area contributed by atoms with E-state index in [1.54, 1.807) is 4.90 Å². The molecule has 33 heavy (non-hydrogen) atoms. The fraction of sp³-hybridized carbons (Fsp3) is 0.154. The summed E-state index contributed by atoms with van der Waals surface area (Å²) in [6.45, 7) is 3.28. The Morgan fingerprint density at radius 1 is 0.970 bits per heavy atom. The first kappa shape index (κ1) is 23.4. The van der Waals surface area contributed by atoms with E-state index in [2.05, 4.69) is 0 Å². The molecular formula is C26H22ClNO3S2. The van der Waals surface area contributed by atoms with Gasteiger partial charge in [0.2, 0.25) is 0 Å². The van der Waals surface area contributed by atoms with Crippen LogP contribution in [0.4, 0.5) is 0 Å². The van der Waals surface area contributed by atoms with E-state index < -0.39 is 0 Å². The van der Waals surface area contributed by atoms with Crippen molar-refractivity contribution in [2.45, 2.75) is 20.1 Å². The molecule has 0 atom stereocenters. The number of hydrogen-bond donors (Lipinski definition) is 0. The lowest BCUT2D eigenvalue weighted by atomic mass is 10.1. The Morgan fingerprint density at radius 2 is 1.73 bits per heavy atom. The molecule has 1 saturated heterocycles. The van der Waals surface area contributed by atoms with E-state index in [-0.39, 0.29) is 5.91 Å². The van der Waals surface area contributed by atoms with Crippen molar-refractivity contribution >= 4 is 51.9 Å². The van der Waals surface area contributed by atoms with Crippen LogP contribution in [0.5, 0.6) is 11.5 Å². The standard InChI is InChI=1S/C26H22ClNO3S2/c1-2-30-23-14-20(10-13-22(23)31-17-19-8-11-21(27)12-9-19)15-24-25(29)28(26(32)33-24)16-18-6-4-3-5-7-18/h3-15H,2,16-17H2,1H3. The van der Waals surface area contributed by atoms with E-state index in [0.29, 0.717) is 45.5 Å². The second kappa shape index (κ2) is 10.9. The summed E-state index contributed by atoms with van der Waals surface area (Å²) >= 11 is 12.7. The summed E-state index contributed by atoms with van der Waals surface area (Å²) < 4.78 is 12.3. The van der Waals surface area contributed by atoms with Gasteiger partial charge in [0.1, 0.15) is 10.9 Å². The van der Waals surface area contributed by atoms with Crippen LogP contribution in [0.15, 0.2) is 77.7 Å². The molecule has 7 heteroatoms. The maximum atomic E-state index is 13.0. The van der Waals surface area contributed by atoms with Gasteiger partial charge in [-0.15, -0.1) is 0 Å². The second-order valence-electron chi connectivity index (χ2n) is 7.31. The molecule has 0 saturated carbocycles. The van der Waals surface area contributed by atoms with Crippen molar-refractivity contribution in [3.8, 4) is 11.5 Å². The minimum absolute atomic E-state index is 0.0881. The lowest BCUT2D eigenvalue weighted by Gasteiger charge is -2.14. The van der Waals surface area contributed by atoms with Gasteiger partial charge in [0, 0.05) is 5.02 Å². The Morgan fingerprint density at radius 3 is 2.45 bits per heavy atom. The van der Waals surface area contributed by atoms with Crippen LogP contribution in [-0.4, -0.2) is 21.7 Å². The molecule has 0 N–H and O–H groups in total. The molecule has 168 valence electrons. The van der Waals surface area contributed by atoms with Crippen LogP contribution in [0.1, 0.15) is 23.6 Å². The molecule has 3 aromatic carbocycles. The normalized spacial score (nSPS) is 14.7. The number of ether oxygens (including phenoxy) is 2. The van der Waals surface area contributed by atoms with Gasteiger partial charge in [0.05, 0.1) is 18.1 Å². The smallest absolute Gasteiger partial charge is 0.266 e. The number of rotatable bonds is 8. The van der Waals surface area contributed by atoms with Gasteiger partial charge >= 0.3 is 0 Å². The second-order valence-corrected chi connectivity index (χ2v) is 9.42. The Balaban J connectivity index is 1.50. The van der Waals surface area contributed by atoms with Crippen molar-refractivity contribution in [3.63, 3.8) is 0 Å². The highest BCUT2D eigenvalue weighted by Gasteiger charge is 2.32. The Bertz CT molecular complexity index is 1180. The maximum absolute atomic E-state index is 13.0. The van der Waals surface area contributed by atoms with Crippen molar-refractivity contribution in [1.29, 1.82) is 0 Å². The zero-order chi connectivity index (χ0) is 23.2. The number of benzene rings is 3. The molecule has 0 aliphatic carbocycles. The first-order chi connectivity index (χ1) is 16.0. The summed E-state index contributed by atoms with van der Waals surface area (Å²) in [5.41, 5.74) is 2.89. The summed E-state index contributed by atoms with van der Waals surface area (Å²) in [7, 11) is 0. The molecule has 0 bridgehead atoms. The predicted molar refractivity (Wildman–Crippen MR) is 139 cm³/mol. The van der Waals surface area contributed by atoms with Crippen molar-refractivity contribution in [3.05, 3.63) is 99.4 Å². The van der Waals surface area contributed by atoms with Crippen molar-refractivity contribution in [2.24, 2.45) is 0 Å². The van der Waals surface area contributed by atoms with Crippen molar-refractivity contribution < 1.29 is 14.3 Å². The summed E-state index contributed by atoms with van der Waals surface area (Å²) in [6, 6.07) is 23.0. The molecular weight excluding hydrogens is 474 g/mol. The van der Waals surface area contributed by atoms with Gasteiger partial charge in [-0.1, -0.05) is 84.1 Å². The third-order valence-corrected chi connectivity index (χ3v) is 6.56. The highest BCUT2D eigenvalue weighted by atomic mass is 35.5. The number of nitrogens with zero attached hydrogens (tertiary/aromatic N) is 1. The van der Waals surface area contributed by atoms with Crippen molar-refractivity contribution in [2.75, 3.05) is 6.61 Å². The van der Waals surface area contributed by atoms with Gasteiger partial charge < -0.3 is 9.47 Å². The topological polar surface area (TPSA) is 38.8 Å². The van der Waals surface area contributed by atoms with E-state index >= 15 is 0 Å². The monoisotopic (exact) mass is 495 g/mol. The summed E-state index contributed by atoms with van der Waals surface area (Å²) in [6.07, 6.45) is 1.84. The van der Waals surface area contributed by atoms with Gasteiger partial charge in [-0.25, -0.2) is 0 Å². The SMILES string of the molecule is CCOc1cc(C=C2SC(=S)N(Cc3ccccc3)C2=O)ccc1OCc1ccc(Cl)cc1. The van der Waals surface area contributed by atoms with Crippen LogP contribution in [0.2, 0.25) is 5.02 Å². The van der Waals surface area contributed by atoms with E-state index in [1.165, 1.54) is 11.8 Å². The average Bonchev–Trinajstić information content (AvgIpc) is 3.08. The highest BCUT2D eigenvalue weighted by molar-refractivity contribution is 8.26. The molecule has 1 heterocycles. The minimum Gasteiger partial charge on any atom is -0.490 e. The van der Waals surface area contributed by atoms with Gasteiger partial charge in [-0.05, 0) is 54.0 Å². The minimum atomic E-state index is -0.0881.